The molecule has 21 heavy (non-hydrogen) atoms. The summed E-state index contributed by atoms with van der Waals surface area (Å²) in [5.41, 5.74) is 0.220. The van der Waals surface area contributed by atoms with Crippen molar-refractivity contribution < 1.29 is 22.4 Å². The van der Waals surface area contributed by atoms with E-state index in [2.05, 4.69) is 5.16 Å². The van der Waals surface area contributed by atoms with Crippen LogP contribution in [0.25, 0.3) is 0 Å². The number of alkyl halides is 2. The molecule has 0 saturated carbocycles. The molecule has 2 rings (SSSR count). The predicted octanol–water partition coefficient (Wildman–Crippen LogP) is 4.45. The lowest BCUT2D eigenvalue weighted by molar-refractivity contribution is 0.126. The number of halogens is 4. The monoisotopic (exact) mass is 297 g/mol. The molecule has 0 spiro atoms. The third kappa shape index (κ3) is 4.05. The Bertz CT molecular complexity index is 606. The highest BCUT2D eigenvalue weighted by molar-refractivity contribution is 5.79. The van der Waals surface area contributed by atoms with E-state index in [0.29, 0.717) is 5.56 Å². The topological polar surface area (TPSA) is 21.6 Å². The lowest BCUT2D eigenvalue weighted by Crippen LogP contribution is -1.96. The summed E-state index contributed by atoms with van der Waals surface area (Å²) in [7, 11) is 0. The van der Waals surface area contributed by atoms with Crippen molar-refractivity contribution in [2.24, 2.45) is 5.16 Å². The van der Waals surface area contributed by atoms with Crippen molar-refractivity contribution in [1.29, 1.82) is 0 Å². The Kier molecular flexibility index (Phi) is 4.92. The molecule has 0 bridgehead atoms. The molecule has 0 aliphatic rings. The number of benzene rings is 2. The molecular weight excluding hydrogens is 286 g/mol. The first-order chi connectivity index (χ1) is 10.1. The lowest BCUT2D eigenvalue weighted by Gasteiger charge is -2.03. The summed E-state index contributed by atoms with van der Waals surface area (Å²) in [6.07, 6.45) is -1.26. The van der Waals surface area contributed by atoms with Gasteiger partial charge in [-0.3, -0.25) is 0 Å². The predicted molar refractivity (Wildman–Crippen MR) is 70.1 cm³/mol. The van der Waals surface area contributed by atoms with E-state index < -0.39 is 18.1 Å². The van der Waals surface area contributed by atoms with Crippen molar-refractivity contribution in [2.45, 2.75) is 13.0 Å². The van der Waals surface area contributed by atoms with E-state index in [4.69, 9.17) is 4.84 Å². The number of nitrogens with zero attached hydrogens (tertiary/aromatic N) is 1. The molecule has 0 N–H and O–H groups in total. The van der Waals surface area contributed by atoms with Gasteiger partial charge in [0.2, 0.25) is 0 Å². The minimum absolute atomic E-state index is 0.0958. The van der Waals surface area contributed by atoms with Gasteiger partial charge in [0.25, 0.3) is 6.43 Å². The van der Waals surface area contributed by atoms with E-state index in [-0.39, 0.29) is 17.7 Å². The zero-order valence-corrected chi connectivity index (χ0v) is 10.8. The van der Waals surface area contributed by atoms with Crippen LogP contribution >= 0.6 is 0 Å². The maximum atomic E-state index is 13.3. The Morgan fingerprint density at radius 3 is 2.19 bits per heavy atom. The van der Waals surface area contributed by atoms with Crippen molar-refractivity contribution in [3.8, 4) is 0 Å². The largest absolute Gasteiger partial charge is 0.391 e. The molecular formula is C15H11F4NO. The summed E-state index contributed by atoms with van der Waals surface area (Å²) in [4.78, 5) is 4.80. The zero-order chi connectivity index (χ0) is 15.2. The van der Waals surface area contributed by atoms with Crippen molar-refractivity contribution in [2.75, 3.05) is 0 Å². The first-order valence-corrected chi connectivity index (χ1v) is 6.04. The summed E-state index contributed by atoms with van der Waals surface area (Å²) >= 11 is 0. The average molecular weight is 297 g/mol. The standard InChI is InChI=1S/C15H11F4NO/c16-13-2-1-3-14(17)12(13)9-21-20-8-10-4-6-11(7-5-10)15(18)19/h1-8,15H,9H2. The fourth-order valence-electron chi connectivity index (χ4n) is 1.60. The van der Waals surface area contributed by atoms with Crippen LogP contribution in [0.4, 0.5) is 17.6 Å². The summed E-state index contributed by atoms with van der Waals surface area (Å²) in [5, 5.41) is 3.55. The van der Waals surface area contributed by atoms with E-state index in [9.17, 15) is 17.6 Å². The SMILES string of the molecule is Fc1cccc(F)c1CON=Cc1ccc(C(F)F)cc1. The van der Waals surface area contributed by atoms with Gasteiger partial charge in [-0.15, -0.1) is 0 Å². The molecule has 0 heterocycles. The highest BCUT2D eigenvalue weighted by Gasteiger charge is 2.08. The zero-order valence-electron chi connectivity index (χ0n) is 10.8. The van der Waals surface area contributed by atoms with Crippen molar-refractivity contribution >= 4 is 6.21 Å². The van der Waals surface area contributed by atoms with Gasteiger partial charge < -0.3 is 4.84 Å². The van der Waals surface area contributed by atoms with Gasteiger partial charge in [-0.05, 0) is 17.7 Å². The van der Waals surface area contributed by atoms with Gasteiger partial charge in [0.05, 0.1) is 11.8 Å². The minimum Gasteiger partial charge on any atom is -0.391 e. The second-order valence-electron chi connectivity index (χ2n) is 4.18. The summed E-state index contributed by atoms with van der Waals surface area (Å²) in [6, 6.07) is 8.91. The third-order valence-corrected chi connectivity index (χ3v) is 2.74. The van der Waals surface area contributed by atoms with Crippen LogP contribution in [0.3, 0.4) is 0 Å². The summed E-state index contributed by atoms with van der Waals surface area (Å²) < 4.78 is 51.2. The van der Waals surface area contributed by atoms with Crippen molar-refractivity contribution in [3.63, 3.8) is 0 Å². The van der Waals surface area contributed by atoms with Gasteiger partial charge in [-0.2, -0.15) is 0 Å². The van der Waals surface area contributed by atoms with Crippen LogP contribution < -0.4 is 0 Å². The molecule has 0 aliphatic carbocycles. The van der Waals surface area contributed by atoms with Gasteiger partial charge in [-0.25, -0.2) is 17.6 Å². The number of hydrogen-bond donors (Lipinski definition) is 0. The molecule has 2 nitrogen and oxygen atoms in total. The maximum absolute atomic E-state index is 13.3. The Hall–Kier alpha value is -2.37. The highest BCUT2D eigenvalue weighted by Crippen LogP contribution is 2.18. The van der Waals surface area contributed by atoms with Crippen LogP contribution in [0.5, 0.6) is 0 Å². The Labute approximate surface area is 118 Å². The van der Waals surface area contributed by atoms with E-state index in [1.165, 1.54) is 36.5 Å². The number of oxime groups is 1. The Balaban J connectivity index is 1.94. The first kappa shape index (κ1) is 15.0. The number of rotatable bonds is 5. The fourth-order valence-corrected chi connectivity index (χ4v) is 1.60. The van der Waals surface area contributed by atoms with E-state index in [1.807, 2.05) is 0 Å². The third-order valence-electron chi connectivity index (χ3n) is 2.74. The van der Waals surface area contributed by atoms with Crippen LogP contribution in [0, 0.1) is 11.6 Å². The molecule has 0 aliphatic heterocycles. The van der Waals surface area contributed by atoms with Crippen LogP contribution in [0.1, 0.15) is 23.1 Å². The van der Waals surface area contributed by atoms with E-state index in [0.717, 1.165) is 12.1 Å². The Morgan fingerprint density at radius 2 is 1.62 bits per heavy atom. The van der Waals surface area contributed by atoms with Gasteiger partial charge in [0.1, 0.15) is 18.2 Å². The smallest absolute Gasteiger partial charge is 0.263 e. The molecule has 110 valence electrons. The maximum Gasteiger partial charge on any atom is 0.263 e. The number of hydrogen-bond acceptors (Lipinski definition) is 2. The van der Waals surface area contributed by atoms with E-state index >= 15 is 0 Å². The van der Waals surface area contributed by atoms with Crippen LogP contribution in [-0.2, 0) is 11.4 Å². The molecule has 6 heteroatoms. The van der Waals surface area contributed by atoms with Gasteiger partial charge in [-0.1, -0.05) is 35.5 Å². The van der Waals surface area contributed by atoms with Crippen molar-refractivity contribution in [1.82, 2.24) is 0 Å². The quantitative estimate of drug-likeness (QED) is 0.454. The summed E-state index contributed by atoms with van der Waals surface area (Å²) in [5.74, 6) is -1.43. The molecule has 0 radical (unpaired) electrons. The van der Waals surface area contributed by atoms with Crippen molar-refractivity contribution in [3.05, 3.63) is 70.8 Å². The lowest BCUT2D eigenvalue weighted by atomic mass is 10.1. The fraction of sp³-hybridized carbons (Fsp3) is 0.133. The molecule has 0 aromatic heterocycles. The molecule has 0 saturated heterocycles. The minimum atomic E-state index is -2.53. The normalized spacial score (nSPS) is 11.3. The Morgan fingerprint density at radius 1 is 1.00 bits per heavy atom. The van der Waals surface area contributed by atoms with Gasteiger partial charge in [0, 0.05) is 5.56 Å². The molecule has 0 fully saturated rings. The van der Waals surface area contributed by atoms with Gasteiger partial charge >= 0.3 is 0 Å². The highest BCUT2D eigenvalue weighted by atomic mass is 19.3. The molecule has 0 atom stereocenters. The molecule has 2 aromatic rings. The molecule has 0 amide bonds. The second kappa shape index (κ2) is 6.88. The van der Waals surface area contributed by atoms with E-state index in [1.54, 1.807) is 0 Å². The first-order valence-electron chi connectivity index (χ1n) is 6.04. The molecule has 0 unspecified atom stereocenters. The van der Waals surface area contributed by atoms with Gasteiger partial charge in [0.15, 0.2) is 0 Å². The van der Waals surface area contributed by atoms with Crippen LogP contribution in [0.2, 0.25) is 0 Å². The molecule has 2 aromatic carbocycles. The second-order valence-corrected chi connectivity index (χ2v) is 4.18. The van der Waals surface area contributed by atoms with Crippen LogP contribution in [-0.4, -0.2) is 6.21 Å². The van der Waals surface area contributed by atoms with Crippen LogP contribution in [0.15, 0.2) is 47.6 Å². The summed E-state index contributed by atoms with van der Waals surface area (Å²) in [6.45, 7) is -0.357. The average Bonchev–Trinajstić information content (AvgIpc) is 2.46.